The van der Waals surface area contributed by atoms with Gasteiger partial charge in [0.1, 0.15) is 0 Å². The van der Waals surface area contributed by atoms with Crippen LogP contribution in [0.15, 0.2) is 30.3 Å². The summed E-state index contributed by atoms with van der Waals surface area (Å²) in [6.45, 7) is 7.50. The number of nitrogens with zero attached hydrogens (tertiary/aromatic N) is 1. The molecule has 1 aromatic rings. The molecule has 0 radical (unpaired) electrons. The van der Waals surface area contributed by atoms with Crippen molar-refractivity contribution >= 4 is 11.9 Å². The molecule has 2 N–H and O–H groups in total. The molecule has 5 nitrogen and oxygen atoms in total. The molecule has 1 heterocycles. The van der Waals surface area contributed by atoms with E-state index in [4.69, 9.17) is 0 Å². The van der Waals surface area contributed by atoms with Gasteiger partial charge in [-0.25, -0.2) is 4.79 Å². The molecule has 2 atom stereocenters. The highest BCUT2D eigenvalue weighted by molar-refractivity contribution is 5.82. The Kier molecular flexibility index (Phi) is 6.02. The van der Waals surface area contributed by atoms with Gasteiger partial charge in [0.2, 0.25) is 5.91 Å². The Morgan fingerprint density at radius 2 is 1.96 bits per heavy atom. The van der Waals surface area contributed by atoms with Crippen LogP contribution in [0.25, 0.3) is 0 Å². The number of nitrogens with one attached hydrogen (secondary N) is 2. The van der Waals surface area contributed by atoms with Gasteiger partial charge in [-0.3, -0.25) is 4.79 Å². The van der Waals surface area contributed by atoms with Gasteiger partial charge < -0.3 is 15.5 Å². The van der Waals surface area contributed by atoms with Crippen molar-refractivity contribution in [3.8, 4) is 0 Å². The third kappa shape index (κ3) is 4.98. The van der Waals surface area contributed by atoms with Crippen molar-refractivity contribution in [1.29, 1.82) is 0 Å². The summed E-state index contributed by atoms with van der Waals surface area (Å²) in [7, 11) is 0. The SMILES string of the molecule is CC(C)CCNC(=O)NC1CC(=O)N(C(C)c2ccccc2)C1. The van der Waals surface area contributed by atoms with Crippen molar-refractivity contribution in [3.05, 3.63) is 35.9 Å². The van der Waals surface area contributed by atoms with Gasteiger partial charge in [0.05, 0.1) is 12.1 Å². The Balaban J connectivity index is 1.84. The van der Waals surface area contributed by atoms with Crippen LogP contribution >= 0.6 is 0 Å². The topological polar surface area (TPSA) is 61.4 Å². The maximum Gasteiger partial charge on any atom is 0.315 e. The van der Waals surface area contributed by atoms with Gasteiger partial charge in [0.15, 0.2) is 0 Å². The maximum absolute atomic E-state index is 12.2. The number of hydrogen-bond donors (Lipinski definition) is 2. The number of carbonyl (C=O) groups is 2. The average Bonchev–Trinajstić information content (AvgIpc) is 2.87. The largest absolute Gasteiger partial charge is 0.338 e. The molecule has 0 aromatic heterocycles. The van der Waals surface area contributed by atoms with Crippen LogP contribution in [0.4, 0.5) is 4.79 Å². The highest BCUT2D eigenvalue weighted by Crippen LogP contribution is 2.25. The van der Waals surface area contributed by atoms with Crippen molar-refractivity contribution in [2.75, 3.05) is 13.1 Å². The number of urea groups is 1. The molecular formula is C18H27N3O2. The summed E-state index contributed by atoms with van der Waals surface area (Å²) in [6.07, 6.45) is 1.32. The van der Waals surface area contributed by atoms with E-state index in [0.29, 0.717) is 25.4 Å². The summed E-state index contributed by atoms with van der Waals surface area (Å²) in [5, 5.41) is 5.76. The number of amides is 3. The molecule has 0 spiro atoms. The molecule has 2 unspecified atom stereocenters. The normalized spacial score (nSPS) is 19.0. The fourth-order valence-electron chi connectivity index (χ4n) is 2.82. The van der Waals surface area contributed by atoms with Crippen molar-refractivity contribution < 1.29 is 9.59 Å². The van der Waals surface area contributed by atoms with Crippen LogP contribution in [-0.4, -0.2) is 36.0 Å². The molecule has 0 bridgehead atoms. The first-order valence-electron chi connectivity index (χ1n) is 8.36. The Morgan fingerprint density at radius 3 is 2.61 bits per heavy atom. The zero-order chi connectivity index (χ0) is 16.8. The number of rotatable bonds is 6. The monoisotopic (exact) mass is 317 g/mol. The van der Waals surface area contributed by atoms with E-state index in [1.807, 2.05) is 42.2 Å². The molecule has 1 fully saturated rings. The predicted octanol–water partition coefficient (Wildman–Crippen LogP) is 2.69. The minimum atomic E-state index is -0.183. The lowest BCUT2D eigenvalue weighted by Gasteiger charge is -2.25. The highest BCUT2D eigenvalue weighted by atomic mass is 16.2. The molecule has 0 saturated carbocycles. The lowest BCUT2D eigenvalue weighted by Crippen LogP contribution is -2.43. The van der Waals surface area contributed by atoms with E-state index in [0.717, 1.165) is 12.0 Å². The van der Waals surface area contributed by atoms with E-state index in [1.54, 1.807) is 0 Å². The molecule has 2 rings (SSSR count). The van der Waals surface area contributed by atoms with E-state index >= 15 is 0 Å². The van der Waals surface area contributed by atoms with Crippen LogP contribution in [0.5, 0.6) is 0 Å². The number of carbonyl (C=O) groups excluding carboxylic acids is 2. The summed E-state index contributed by atoms with van der Waals surface area (Å²) in [4.78, 5) is 26.0. The lowest BCUT2D eigenvalue weighted by molar-refractivity contribution is -0.129. The third-order valence-corrected chi connectivity index (χ3v) is 4.25. The molecule has 0 aliphatic carbocycles. The molecule has 1 aliphatic heterocycles. The zero-order valence-electron chi connectivity index (χ0n) is 14.2. The van der Waals surface area contributed by atoms with Crippen molar-refractivity contribution in [2.24, 2.45) is 5.92 Å². The standard InChI is InChI=1S/C18H27N3O2/c1-13(2)9-10-19-18(23)20-16-11-17(22)21(12-16)14(3)15-7-5-4-6-8-15/h4-8,13-14,16H,9-12H2,1-3H3,(H2,19,20,23). The fourth-order valence-corrected chi connectivity index (χ4v) is 2.82. The Bertz CT molecular complexity index is 530. The summed E-state index contributed by atoms with van der Waals surface area (Å²) in [5.41, 5.74) is 1.11. The van der Waals surface area contributed by atoms with E-state index < -0.39 is 0 Å². The van der Waals surface area contributed by atoms with Gasteiger partial charge in [-0.15, -0.1) is 0 Å². The molecule has 1 aromatic carbocycles. The van der Waals surface area contributed by atoms with Crippen LogP contribution in [-0.2, 0) is 4.79 Å². The molecule has 126 valence electrons. The molecule has 3 amide bonds. The zero-order valence-corrected chi connectivity index (χ0v) is 14.2. The molecule has 23 heavy (non-hydrogen) atoms. The van der Waals surface area contributed by atoms with E-state index in [9.17, 15) is 9.59 Å². The van der Waals surface area contributed by atoms with E-state index in [2.05, 4.69) is 24.5 Å². The average molecular weight is 317 g/mol. The first-order valence-corrected chi connectivity index (χ1v) is 8.36. The minimum absolute atomic E-state index is 0.0273. The smallest absolute Gasteiger partial charge is 0.315 e. The third-order valence-electron chi connectivity index (χ3n) is 4.25. The van der Waals surface area contributed by atoms with Crippen LogP contribution in [0.1, 0.15) is 45.2 Å². The lowest BCUT2D eigenvalue weighted by atomic mass is 10.1. The van der Waals surface area contributed by atoms with E-state index in [-0.39, 0.29) is 24.0 Å². The van der Waals surface area contributed by atoms with Crippen LogP contribution < -0.4 is 10.6 Å². The first kappa shape index (κ1) is 17.3. The molecular weight excluding hydrogens is 290 g/mol. The number of likely N-dealkylation sites (tertiary alicyclic amines) is 1. The van der Waals surface area contributed by atoms with Crippen molar-refractivity contribution in [1.82, 2.24) is 15.5 Å². The van der Waals surface area contributed by atoms with Crippen molar-refractivity contribution in [2.45, 2.75) is 45.7 Å². The quantitative estimate of drug-likeness (QED) is 0.847. The molecule has 5 heteroatoms. The molecule has 1 aliphatic rings. The minimum Gasteiger partial charge on any atom is -0.338 e. The van der Waals surface area contributed by atoms with Crippen LogP contribution in [0, 0.1) is 5.92 Å². The summed E-state index contributed by atoms with van der Waals surface area (Å²) in [5.74, 6) is 0.652. The van der Waals surface area contributed by atoms with E-state index in [1.165, 1.54) is 0 Å². The highest BCUT2D eigenvalue weighted by Gasteiger charge is 2.33. The second kappa shape index (κ2) is 7.99. The van der Waals surface area contributed by atoms with Gasteiger partial charge in [-0.1, -0.05) is 44.2 Å². The first-order chi connectivity index (χ1) is 11.0. The number of hydrogen-bond acceptors (Lipinski definition) is 2. The maximum atomic E-state index is 12.2. The fraction of sp³-hybridized carbons (Fsp3) is 0.556. The second-order valence-corrected chi connectivity index (χ2v) is 6.62. The Morgan fingerprint density at radius 1 is 1.26 bits per heavy atom. The van der Waals surface area contributed by atoms with Gasteiger partial charge in [-0.05, 0) is 24.8 Å². The second-order valence-electron chi connectivity index (χ2n) is 6.62. The van der Waals surface area contributed by atoms with Crippen molar-refractivity contribution in [3.63, 3.8) is 0 Å². The van der Waals surface area contributed by atoms with Crippen LogP contribution in [0.3, 0.4) is 0 Å². The van der Waals surface area contributed by atoms with Gasteiger partial charge in [-0.2, -0.15) is 0 Å². The van der Waals surface area contributed by atoms with Gasteiger partial charge >= 0.3 is 6.03 Å². The summed E-state index contributed by atoms with van der Waals surface area (Å²) >= 11 is 0. The summed E-state index contributed by atoms with van der Waals surface area (Å²) in [6, 6.07) is 9.70. The van der Waals surface area contributed by atoms with Gasteiger partial charge in [0, 0.05) is 19.5 Å². The predicted molar refractivity (Wildman–Crippen MR) is 91.0 cm³/mol. The Hall–Kier alpha value is -2.04. The summed E-state index contributed by atoms with van der Waals surface area (Å²) < 4.78 is 0. The van der Waals surface area contributed by atoms with Gasteiger partial charge in [0.25, 0.3) is 0 Å². The number of benzene rings is 1. The Labute approximate surface area is 138 Å². The van der Waals surface area contributed by atoms with Crippen LogP contribution in [0.2, 0.25) is 0 Å². The molecule has 1 saturated heterocycles.